The van der Waals surface area contributed by atoms with Gasteiger partial charge in [-0.3, -0.25) is 0 Å². The van der Waals surface area contributed by atoms with Crippen LogP contribution in [0.15, 0.2) is 17.0 Å². The second-order valence-corrected chi connectivity index (χ2v) is 7.75. The molecule has 0 spiro atoms. The zero-order valence-electron chi connectivity index (χ0n) is 12.5. The Morgan fingerprint density at radius 2 is 1.95 bits per heavy atom. The molecule has 0 aliphatic heterocycles. The van der Waals surface area contributed by atoms with E-state index in [1.54, 1.807) is 12.1 Å². The van der Waals surface area contributed by atoms with E-state index in [0.717, 1.165) is 30.4 Å². The molecule has 0 amide bonds. The maximum atomic E-state index is 12.4. The van der Waals surface area contributed by atoms with Crippen LogP contribution in [0.1, 0.15) is 43.7 Å². The van der Waals surface area contributed by atoms with Crippen molar-refractivity contribution in [3.8, 4) is 0 Å². The molecule has 0 unspecified atom stereocenters. The van der Waals surface area contributed by atoms with Crippen molar-refractivity contribution in [2.75, 3.05) is 12.3 Å². The van der Waals surface area contributed by atoms with E-state index in [0.29, 0.717) is 12.2 Å². The lowest BCUT2D eigenvalue weighted by molar-refractivity contribution is 0.133. The standard InChI is InChI=1S/C15H24N2O2S/c1-4-15(6-5-7-15)10-17-20(18,19)13-8-11(2)12(3)14(16)9-13/h8-9,17H,4-7,10,16H2,1-3H3. The van der Waals surface area contributed by atoms with Gasteiger partial charge in [0, 0.05) is 12.2 Å². The summed E-state index contributed by atoms with van der Waals surface area (Å²) in [5.41, 5.74) is 8.40. The minimum Gasteiger partial charge on any atom is -0.398 e. The third-order valence-electron chi connectivity index (χ3n) is 4.79. The van der Waals surface area contributed by atoms with Crippen molar-refractivity contribution >= 4 is 15.7 Å². The quantitative estimate of drug-likeness (QED) is 0.821. The zero-order valence-corrected chi connectivity index (χ0v) is 13.3. The van der Waals surface area contributed by atoms with Crippen molar-refractivity contribution in [1.29, 1.82) is 0 Å². The maximum Gasteiger partial charge on any atom is 0.240 e. The highest BCUT2D eigenvalue weighted by molar-refractivity contribution is 7.89. The molecule has 1 aromatic rings. The summed E-state index contributed by atoms with van der Waals surface area (Å²) in [6.45, 7) is 6.43. The maximum absolute atomic E-state index is 12.4. The molecule has 1 aromatic carbocycles. The van der Waals surface area contributed by atoms with Crippen LogP contribution in [-0.2, 0) is 10.0 Å². The number of nitrogens with one attached hydrogen (secondary N) is 1. The largest absolute Gasteiger partial charge is 0.398 e. The van der Waals surface area contributed by atoms with Crippen LogP contribution in [0.5, 0.6) is 0 Å². The van der Waals surface area contributed by atoms with Crippen LogP contribution in [0, 0.1) is 19.3 Å². The highest BCUT2D eigenvalue weighted by atomic mass is 32.2. The van der Waals surface area contributed by atoms with Gasteiger partial charge in [0.25, 0.3) is 0 Å². The first-order valence-corrected chi connectivity index (χ1v) is 8.64. The molecule has 3 N–H and O–H groups in total. The summed E-state index contributed by atoms with van der Waals surface area (Å²) >= 11 is 0. The Balaban J connectivity index is 2.18. The molecule has 1 fully saturated rings. The third kappa shape index (κ3) is 2.83. The Morgan fingerprint density at radius 3 is 2.40 bits per heavy atom. The van der Waals surface area contributed by atoms with Crippen molar-refractivity contribution < 1.29 is 8.42 Å². The second kappa shape index (κ2) is 5.37. The SMILES string of the molecule is CCC1(CNS(=O)(=O)c2cc(C)c(C)c(N)c2)CCC1. The van der Waals surface area contributed by atoms with E-state index in [9.17, 15) is 8.42 Å². The van der Waals surface area contributed by atoms with Crippen molar-refractivity contribution in [3.05, 3.63) is 23.3 Å². The summed E-state index contributed by atoms with van der Waals surface area (Å²) in [5, 5.41) is 0. The van der Waals surface area contributed by atoms with E-state index >= 15 is 0 Å². The summed E-state index contributed by atoms with van der Waals surface area (Å²) in [7, 11) is -3.47. The van der Waals surface area contributed by atoms with Gasteiger partial charge >= 0.3 is 0 Å². The van der Waals surface area contributed by atoms with E-state index in [1.807, 2.05) is 13.8 Å². The molecule has 0 radical (unpaired) electrons. The summed E-state index contributed by atoms with van der Waals surface area (Å²) < 4.78 is 27.5. The van der Waals surface area contributed by atoms with Crippen LogP contribution in [0.3, 0.4) is 0 Å². The number of hydrogen-bond acceptors (Lipinski definition) is 3. The van der Waals surface area contributed by atoms with Gasteiger partial charge in [-0.05, 0) is 61.8 Å². The molecule has 1 saturated carbocycles. The van der Waals surface area contributed by atoms with Crippen LogP contribution < -0.4 is 10.5 Å². The molecule has 1 aliphatic rings. The van der Waals surface area contributed by atoms with E-state index in [4.69, 9.17) is 5.73 Å². The number of sulfonamides is 1. The van der Waals surface area contributed by atoms with Gasteiger partial charge in [0.2, 0.25) is 10.0 Å². The molecule has 112 valence electrons. The Bertz CT molecular complexity index is 576. The van der Waals surface area contributed by atoms with Gasteiger partial charge in [-0.25, -0.2) is 13.1 Å². The molecule has 1 aliphatic carbocycles. The van der Waals surface area contributed by atoms with Gasteiger partial charge in [-0.1, -0.05) is 13.3 Å². The molecule has 4 nitrogen and oxygen atoms in total. The van der Waals surface area contributed by atoms with E-state index < -0.39 is 10.0 Å². The predicted molar refractivity (Wildman–Crippen MR) is 82.1 cm³/mol. The highest BCUT2D eigenvalue weighted by Gasteiger charge is 2.36. The average molecular weight is 296 g/mol. The Labute approximate surface area is 121 Å². The summed E-state index contributed by atoms with van der Waals surface area (Å²) in [4.78, 5) is 0.267. The first-order chi connectivity index (χ1) is 9.30. The topological polar surface area (TPSA) is 72.2 Å². The fourth-order valence-corrected chi connectivity index (χ4v) is 3.95. The number of nitrogens with two attached hydrogens (primary N) is 1. The highest BCUT2D eigenvalue weighted by Crippen LogP contribution is 2.43. The smallest absolute Gasteiger partial charge is 0.240 e. The molecule has 0 heterocycles. The first kappa shape index (κ1) is 15.3. The summed E-state index contributed by atoms with van der Waals surface area (Å²) in [5.74, 6) is 0. The molecular weight excluding hydrogens is 272 g/mol. The van der Waals surface area contributed by atoms with Crippen molar-refractivity contribution in [3.63, 3.8) is 0 Å². The van der Waals surface area contributed by atoms with Gasteiger partial charge in [-0.2, -0.15) is 0 Å². The van der Waals surface area contributed by atoms with Crippen molar-refractivity contribution in [1.82, 2.24) is 4.72 Å². The Kier molecular flexibility index (Phi) is 4.12. The predicted octanol–water partition coefficient (Wildman–Crippen LogP) is 2.74. The Hall–Kier alpha value is -1.07. The van der Waals surface area contributed by atoms with E-state index in [-0.39, 0.29) is 10.3 Å². The summed E-state index contributed by atoms with van der Waals surface area (Å²) in [6.07, 6.45) is 4.44. The van der Waals surface area contributed by atoms with Crippen LogP contribution in [-0.4, -0.2) is 15.0 Å². The minimum absolute atomic E-state index is 0.165. The average Bonchev–Trinajstić information content (AvgIpc) is 2.34. The molecule has 0 atom stereocenters. The van der Waals surface area contributed by atoms with Gasteiger partial charge < -0.3 is 5.73 Å². The molecular formula is C15H24N2O2S. The number of anilines is 1. The Morgan fingerprint density at radius 1 is 1.30 bits per heavy atom. The van der Waals surface area contributed by atoms with Gasteiger partial charge in [0.15, 0.2) is 0 Å². The van der Waals surface area contributed by atoms with Gasteiger partial charge in [0.05, 0.1) is 4.90 Å². The lowest BCUT2D eigenvalue weighted by atomic mass is 9.67. The second-order valence-electron chi connectivity index (χ2n) is 5.99. The van der Waals surface area contributed by atoms with Crippen LogP contribution in [0.25, 0.3) is 0 Å². The fraction of sp³-hybridized carbons (Fsp3) is 0.600. The fourth-order valence-electron chi connectivity index (χ4n) is 2.67. The molecule has 20 heavy (non-hydrogen) atoms. The van der Waals surface area contributed by atoms with E-state index in [2.05, 4.69) is 11.6 Å². The molecule has 2 rings (SSSR count). The number of benzene rings is 1. The minimum atomic E-state index is -3.47. The number of rotatable bonds is 5. The van der Waals surface area contributed by atoms with Crippen LogP contribution in [0.4, 0.5) is 5.69 Å². The van der Waals surface area contributed by atoms with Crippen molar-refractivity contribution in [2.24, 2.45) is 5.41 Å². The first-order valence-electron chi connectivity index (χ1n) is 7.16. The third-order valence-corrected chi connectivity index (χ3v) is 6.17. The van der Waals surface area contributed by atoms with Crippen LogP contribution in [0.2, 0.25) is 0 Å². The molecule has 0 saturated heterocycles. The van der Waals surface area contributed by atoms with Gasteiger partial charge in [0.1, 0.15) is 0 Å². The molecule has 0 bridgehead atoms. The van der Waals surface area contributed by atoms with Crippen molar-refractivity contribution in [2.45, 2.75) is 51.3 Å². The molecule has 5 heteroatoms. The number of hydrogen-bond donors (Lipinski definition) is 2. The molecule has 0 aromatic heterocycles. The lowest BCUT2D eigenvalue weighted by Crippen LogP contribution is -2.41. The zero-order chi connectivity index (χ0) is 15.0. The van der Waals surface area contributed by atoms with Gasteiger partial charge in [-0.15, -0.1) is 0 Å². The normalized spacial score (nSPS) is 17.8. The number of aryl methyl sites for hydroxylation is 1. The summed E-state index contributed by atoms with van der Waals surface area (Å²) in [6, 6.07) is 3.23. The van der Waals surface area contributed by atoms with E-state index in [1.165, 1.54) is 6.42 Å². The lowest BCUT2D eigenvalue weighted by Gasteiger charge is -2.41. The van der Waals surface area contributed by atoms with Crippen LogP contribution >= 0.6 is 0 Å². The monoisotopic (exact) mass is 296 g/mol. The number of nitrogen functional groups attached to an aromatic ring is 1.